The van der Waals surface area contributed by atoms with Crippen LogP contribution in [0.2, 0.25) is 0 Å². The van der Waals surface area contributed by atoms with E-state index in [9.17, 15) is 0 Å². The summed E-state index contributed by atoms with van der Waals surface area (Å²) >= 11 is 0. The summed E-state index contributed by atoms with van der Waals surface area (Å²) < 4.78 is 0. The van der Waals surface area contributed by atoms with E-state index in [4.69, 9.17) is 0 Å². The highest BCUT2D eigenvalue weighted by molar-refractivity contribution is 5.56. The predicted molar refractivity (Wildman–Crippen MR) is 83.4 cm³/mol. The fraction of sp³-hybridized carbons (Fsp3) is 0.667. The Bertz CT molecular complexity index is 536. The number of allylic oxidation sites excluding steroid dienone is 2. The van der Waals surface area contributed by atoms with Gasteiger partial charge in [0.25, 0.3) is 0 Å². The molecule has 0 amide bonds. The fourth-order valence-electron chi connectivity index (χ4n) is 4.79. The first-order chi connectivity index (χ1) is 9.65. The third kappa shape index (κ3) is 1.74. The minimum atomic E-state index is 0.740. The number of hydrogen-bond donors (Lipinski definition) is 1. The van der Waals surface area contributed by atoms with E-state index in [1.807, 2.05) is 0 Å². The molecule has 108 valence electrons. The lowest BCUT2D eigenvalue weighted by molar-refractivity contribution is 0.188. The monoisotopic (exact) mass is 270 g/mol. The lowest BCUT2D eigenvalue weighted by Gasteiger charge is -2.42. The van der Waals surface area contributed by atoms with E-state index >= 15 is 0 Å². The van der Waals surface area contributed by atoms with Gasteiger partial charge in [-0.1, -0.05) is 25.5 Å². The van der Waals surface area contributed by atoms with Crippen LogP contribution in [0, 0.1) is 11.8 Å². The SMILES string of the molecule is CC(C)C1CC2=C(CN1C)C1=C3C(=CCC1)NCC3C2. The molecule has 1 fully saturated rings. The Labute approximate surface area is 122 Å². The van der Waals surface area contributed by atoms with Crippen molar-refractivity contribution in [1.82, 2.24) is 10.2 Å². The molecule has 4 rings (SSSR count). The Balaban J connectivity index is 1.75. The van der Waals surface area contributed by atoms with E-state index in [-0.39, 0.29) is 0 Å². The van der Waals surface area contributed by atoms with E-state index in [0.29, 0.717) is 0 Å². The molecule has 0 aromatic rings. The van der Waals surface area contributed by atoms with Crippen molar-refractivity contribution >= 4 is 0 Å². The van der Waals surface area contributed by atoms with Gasteiger partial charge in [-0.2, -0.15) is 0 Å². The second-order valence-corrected chi connectivity index (χ2v) is 7.34. The molecule has 2 aliphatic heterocycles. The van der Waals surface area contributed by atoms with Gasteiger partial charge in [0, 0.05) is 30.7 Å². The van der Waals surface area contributed by atoms with Crippen molar-refractivity contribution < 1.29 is 0 Å². The van der Waals surface area contributed by atoms with Gasteiger partial charge < -0.3 is 5.32 Å². The van der Waals surface area contributed by atoms with Crippen LogP contribution in [0.3, 0.4) is 0 Å². The van der Waals surface area contributed by atoms with Crippen LogP contribution >= 0.6 is 0 Å². The maximum atomic E-state index is 3.65. The maximum absolute atomic E-state index is 3.65. The summed E-state index contributed by atoms with van der Waals surface area (Å²) in [6.07, 6.45) is 7.54. The average molecular weight is 270 g/mol. The van der Waals surface area contributed by atoms with Crippen LogP contribution in [0.1, 0.15) is 39.5 Å². The van der Waals surface area contributed by atoms with Gasteiger partial charge in [0.15, 0.2) is 0 Å². The van der Waals surface area contributed by atoms with Crippen LogP contribution in [0.15, 0.2) is 34.1 Å². The molecule has 0 bridgehead atoms. The molecule has 1 N–H and O–H groups in total. The summed E-state index contributed by atoms with van der Waals surface area (Å²) in [5.74, 6) is 1.53. The lowest BCUT2D eigenvalue weighted by Crippen LogP contribution is -2.42. The first kappa shape index (κ1) is 12.7. The summed E-state index contributed by atoms with van der Waals surface area (Å²) in [6, 6.07) is 0.740. The molecular formula is C18H26N2. The highest BCUT2D eigenvalue weighted by Crippen LogP contribution is 2.47. The molecule has 0 aromatic heterocycles. The summed E-state index contributed by atoms with van der Waals surface area (Å²) in [7, 11) is 2.32. The van der Waals surface area contributed by atoms with Gasteiger partial charge in [-0.3, -0.25) is 4.90 Å². The minimum absolute atomic E-state index is 0.740. The van der Waals surface area contributed by atoms with E-state index in [0.717, 1.165) is 17.9 Å². The molecule has 0 saturated carbocycles. The van der Waals surface area contributed by atoms with Crippen LogP contribution in [-0.4, -0.2) is 31.1 Å². The van der Waals surface area contributed by atoms with Crippen LogP contribution in [0.5, 0.6) is 0 Å². The zero-order valence-corrected chi connectivity index (χ0v) is 13.0. The van der Waals surface area contributed by atoms with Crippen molar-refractivity contribution in [1.29, 1.82) is 0 Å². The van der Waals surface area contributed by atoms with E-state index in [1.165, 1.54) is 44.5 Å². The van der Waals surface area contributed by atoms with Crippen molar-refractivity contribution in [2.45, 2.75) is 45.6 Å². The number of nitrogens with zero attached hydrogens (tertiary/aromatic N) is 1. The average Bonchev–Trinajstić information content (AvgIpc) is 2.84. The van der Waals surface area contributed by atoms with Crippen molar-refractivity contribution in [3.8, 4) is 0 Å². The van der Waals surface area contributed by atoms with Gasteiger partial charge >= 0.3 is 0 Å². The quantitative estimate of drug-likeness (QED) is 0.787. The topological polar surface area (TPSA) is 15.3 Å². The molecule has 2 unspecified atom stereocenters. The second-order valence-electron chi connectivity index (χ2n) is 7.34. The third-order valence-electron chi connectivity index (χ3n) is 5.79. The first-order valence-electron chi connectivity index (χ1n) is 8.24. The Hall–Kier alpha value is -1.02. The largest absolute Gasteiger partial charge is 0.384 e. The molecule has 2 heterocycles. The number of fused-ring (bicyclic) bond motifs is 1. The zero-order valence-electron chi connectivity index (χ0n) is 13.0. The van der Waals surface area contributed by atoms with Gasteiger partial charge in [0.1, 0.15) is 0 Å². The van der Waals surface area contributed by atoms with Gasteiger partial charge in [-0.15, -0.1) is 0 Å². The Morgan fingerprint density at radius 1 is 1.25 bits per heavy atom. The summed E-state index contributed by atoms with van der Waals surface area (Å²) in [5, 5.41) is 3.65. The smallest absolute Gasteiger partial charge is 0.0339 e. The third-order valence-corrected chi connectivity index (χ3v) is 5.79. The number of likely N-dealkylation sites (N-methyl/N-ethyl adjacent to an activating group) is 1. The molecule has 1 saturated heterocycles. The molecule has 0 aromatic carbocycles. The second kappa shape index (κ2) is 4.49. The molecule has 0 spiro atoms. The van der Waals surface area contributed by atoms with Crippen LogP contribution < -0.4 is 5.32 Å². The normalized spacial score (nSPS) is 33.1. The van der Waals surface area contributed by atoms with Crippen molar-refractivity contribution in [3.05, 3.63) is 34.1 Å². The van der Waals surface area contributed by atoms with Gasteiger partial charge in [-0.25, -0.2) is 0 Å². The molecule has 2 aliphatic carbocycles. The van der Waals surface area contributed by atoms with E-state index in [1.54, 1.807) is 22.3 Å². The number of nitrogens with one attached hydrogen (secondary N) is 1. The molecule has 2 nitrogen and oxygen atoms in total. The van der Waals surface area contributed by atoms with Gasteiger partial charge in [0.2, 0.25) is 0 Å². The Morgan fingerprint density at radius 3 is 2.90 bits per heavy atom. The van der Waals surface area contributed by atoms with Crippen LogP contribution in [0.25, 0.3) is 0 Å². The Morgan fingerprint density at radius 2 is 2.10 bits per heavy atom. The summed E-state index contributed by atoms with van der Waals surface area (Å²) in [6.45, 7) is 7.10. The predicted octanol–water partition coefficient (Wildman–Crippen LogP) is 3.24. The molecular weight excluding hydrogens is 244 g/mol. The minimum Gasteiger partial charge on any atom is -0.384 e. The van der Waals surface area contributed by atoms with Crippen molar-refractivity contribution in [3.63, 3.8) is 0 Å². The molecule has 2 atom stereocenters. The molecule has 0 radical (unpaired) electrons. The molecule has 4 aliphatic rings. The molecule has 20 heavy (non-hydrogen) atoms. The van der Waals surface area contributed by atoms with Crippen LogP contribution in [-0.2, 0) is 0 Å². The highest BCUT2D eigenvalue weighted by atomic mass is 15.1. The van der Waals surface area contributed by atoms with E-state index in [2.05, 4.69) is 37.2 Å². The van der Waals surface area contributed by atoms with Gasteiger partial charge in [-0.05, 0) is 55.4 Å². The Kier molecular flexibility index (Phi) is 2.85. The van der Waals surface area contributed by atoms with Crippen LogP contribution in [0.4, 0.5) is 0 Å². The standard InChI is InChI=1S/C18H26N2/c1-11(2)17-8-12-7-13-9-19-16-6-4-5-14(18(13)16)15(12)10-20(17)3/h6,11,13,17,19H,4-5,7-10H2,1-3H3. The zero-order chi connectivity index (χ0) is 13.9. The van der Waals surface area contributed by atoms with Crippen molar-refractivity contribution in [2.24, 2.45) is 11.8 Å². The summed E-state index contributed by atoms with van der Waals surface area (Å²) in [4.78, 5) is 2.60. The van der Waals surface area contributed by atoms with Crippen molar-refractivity contribution in [2.75, 3.05) is 20.1 Å². The highest BCUT2D eigenvalue weighted by Gasteiger charge is 2.39. The first-order valence-corrected chi connectivity index (χ1v) is 8.24. The fourth-order valence-corrected chi connectivity index (χ4v) is 4.79. The number of rotatable bonds is 1. The van der Waals surface area contributed by atoms with E-state index < -0.39 is 0 Å². The summed E-state index contributed by atoms with van der Waals surface area (Å²) in [5.41, 5.74) is 8.37. The van der Waals surface area contributed by atoms with Gasteiger partial charge in [0.05, 0.1) is 0 Å². The molecule has 2 heteroatoms. The lowest BCUT2D eigenvalue weighted by atomic mass is 9.72. The number of hydrogen-bond acceptors (Lipinski definition) is 2. The maximum Gasteiger partial charge on any atom is 0.0339 e.